The standard InChI is InChI=1S/C13H18F3N/c1-5-9(4)12-11(13(14,15)16)6-10(7-17-12)8(2)3/h6-9H,5H2,1-4H3. The fraction of sp³-hybridized carbons (Fsp3) is 0.615. The van der Waals surface area contributed by atoms with Gasteiger partial charge >= 0.3 is 6.18 Å². The summed E-state index contributed by atoms with van der Waals surface area (Å²) in [5, 5.41) is 0. The van der Waals surface area contributed by atoms with Crippen molar-refractivity contribution in [3.05, 3.63) is 29.1 Å². The summed E-state index contributed by atoms with van der Waals surface area (Å²) in [6.07, 6.45) is -2.12. The van der Waals surface area contributed by atoms with Crippen molar-refractivity contribution in [3.63, 3.8) is 0 Å². The number of rotatable bonds is 3. The molecule has 0 spiro atoms. The monoisotopic (exact) mass is 245 g/mol. The summed E-state index contributed by atoms with van der Waals surface area (Å²) in [4.78, 5) is 4.02. The fourth-order valence-electron chi connectivity index (χ4n) is 1.62. The fourth-order valence-corrected chi connectivity index (χ4v) is 1.62. The van der Waals surface area contributed by atoms with Crippen LogP contribution in [0, 0.1) is 0 Å². The second kappa shape index (κ2) is 5.07. The Morgan fingerprint density at radius 3 is 2.24 bits per heavy atom. The van der Waals surface area contributed by atoms with E-state index in [0.717, 1.165) is 0 Å². The molecule has 17 heavy (non-hydrogen) atoms. The van der Waals surface area contributed by atoms with Crippen molar-refractivity contribution in [3.8, 4) is 0 Å². The quantitative estimate of drug-likeness (QED) is 0.749. The van der Waals surface area contributed by atoms with Crippen LogP contribution in [0.4, 0.5) is 13.2 Å². The van der Waals surface area contributed by atoms with Crippen LogP contribution in [0.3, 0.4) is 0 Å². The first kappa shape index (κ1) is 14.0. The molecule has 0 fully saturated rings. The van der Waals surface area contributed by atoms with E-state index >= 15 is 0 Å². The predicted molar refractivity (Wildman–Crippen MR) is 62.0 cm³/mol. The molecule has 0 radical (unpaired) electrons. The third-order valence-corrected chi connectivity index (χ3v) is 2.99. The Hall–Kier alpha value is -1.06. The van der Waals surface area contributed by atoms with Crippen LogP contribution in [0.2, 0.25) is 0 Å². The largest absolute Gasteiger partial charge is 0.418 e. The Morgan fingerprint density at radius 2 is 1.82 bits per heavy atom. The number of hydrogen-bond donors (Lipinski definition) is 0. The summed E-state index contributed by atoms with van der Waals surface area (Å²) in [6.45, 7) is 7.36. The Bertz CT molecular complexity index is 383. The molecule has 96 valence electrons. The lowest BCUT2D eigenvalue weighted by molar-refractivity contribution is -0.138. The first-order valence-electron chi connectivity index (χ1n) is 5.84. The molecular weight excluding hydrogens is 227 g/mol. The summed E-state index contributed by atoms with van der Waals surface area (Å²) >= 11 is 0. The van der Waals surface area contributed by atoms with Gasteiger partial charge in [-0.2, -0.15) is 13.2 Å². The maximum atomic E-state index is 12.9. The highest BCUT2D eigenvalue weighted by Crippen LogP contribution is 2.36. The molecule has 0 bridgehead atoms. The average molecular weight is 245 g/mol. The summed E-state index contributed by atoms with van der Waals surface area (Å²) in [5.41, 5.74) is 0.201. The maximum Gasteiger partial charge on any atom is 0.418 e. The molecule has 0 aliphatic carbocycles. The third kappa shape index (κ3) is 3.20. The van der Waals surface area contributed by atoms with Gasteiger partial charge in [0, 0.05) is 6.20 Å². The summed E-state index contributed by atoms with van der Waals surface area (Å²) in [5.74, 6) is -0.123. The van der Waals surface area contributed by atoms with Crippen LogP contribution in [0.15, 0.2) is 12.3 Å². The highest BCUT2D eigenvalue weighted by molar-refractivity contribution is 5.31. The van der Waals surface area contributed by atoms with Crippen molar-refractivity contribution >= 4 is 0 Å². The Labute approximate surface area is 100 Å². The zero-order valence-electron chi connectivity index (χ0n) is 10.6. The minimum absolute atomic E-state index is 0.0505. The van der Waals surface area contributed by atoms with Crippen molar-refractivity contribution in [1.29, 1.82) is 0 Å². The van der Waals surface area contributed by atoms with Gasteiger partial charge in [-0.1, -0.05) is 27.7 Å². The Kier molecular flexibility index (Phi) is 4.17. The Balaban J connectivity index is 3.32. The van der Waals surface area contributed by atoms with Gasteiger partial charge in [0.1, 0.15) is 0 Å². The number of aromatic nitrogens is 1. The van der Waals surface area contributed by atoms with Crippen molar-refractivity contribution < 1.29 is 13.2 Å². The van der Waals surface area contributed by atoms with Crippen LogP contribution in [0.1, 0.15) is 62.8 Å². The second-order valence-corrected chi connectivity index (χ2v) is 4.66. The van der Waals surface area contributed by atoms with Crippen molar-refractivity contribution in [1.82, 2.24) is 4.98 Å². The van der Waals surface area contributed by atoms with E-state index in [9.17, 15) is 13.2 Å². The molecule has 1 unspecified atom stereocenters. The zero-order chi connectivity index (χ0) is 13.2. The van der Waals surface area contributed by atoms with Gasteiger partial charge < -0.3 is 0 Å². The van der Waals surface area contributed by atoms with E-state index in [1.165, 1.54) is 6.07 Å². The molecule has 1 rings (SSSR count). The van der Waals surface area contributed by atoms with Gasteiger partial charge in [0.15, 0.2) is 0 Å². The molecule has 0 saturated heterocycles. The van der Waals surface area contributed by atoms with Crippen LogP contribution >= 0.6 is 0 Å². The Morgan fingerprint density at radius 1 is 1.24 bits per heavy atom. The van der Waals surface area contributed by atoms with Crippen LogP contribution in [0.25, 0.3) is 0 Å². The van der Waals surface area contributed by atoms with E-state index in [2.05, 4.69) is 4.98 Å². The number of nitrogens with zero attached hydrogens (tertiary/aromatic N) is 1. The number of pyridine rings is 1. The summed E-state index contributed by atoms with van der Waals surface area (Å²) in [7, 11) is 0. The number of alkyl halides is 3. The van der Waals surface area contributed by atoms with Crippen molar-refractivity contribution in [2.45, 2.75) is 52.1 Å². The highest BCUT2D eigenvalue weighted by Gasteiger charge is 2.35. The first-order chi connectivity index (χ1) is 7.77. The smallest absolute Gasteiger partial charge is 0.260 e. The van der Waals surface area contributed by atoms with Gasteiger partial charge in [0.05, 0.1) is 11.3 Å². The van der Waals surface area contributed by atoms with E-state index in [0.29, 0.717) is 12.0 Å². The molecule has 0 amide bonds. The lowest BCUT2D eigenvalue weighted by Crippen LogP contribution is -2.13. The molecule has 1 aromatic rings. The first-order valence-corrected chi connectivity index (χ1v) is 5.84. The lowest BCUT2D eigenvalue weighted by atomic mass is 9.95. The maximum absolute atomic E-state index is 12.9. The molecule has 1 aromatic heterocycles. The molecular formula is C13H18F3N. The molecule has 0 aromatic carbocycles. The van der Waals surface area contributed by atoms with E-state index in [1.54, 1.807) is 13.1 Å². The van der Waals surface area contributed by atoms with Crippen LogP contribution in [0.5, 0.6) is 0 Å². The normalized spacial score (nSPS) is 14.1. The zero-order valence-corrected chi connectivity index (χ0v) is 10.6. The molecule has 4 heteroatoms. The highest BCUT2D eigenvalue weighted by atomic mass is 19.4. The minimum Gasteiger partial charge on any atom is -0.260 e. The van der Waals surface area contributed by atoms with Gasteiger partial charge in [0.2, 0.25) is 0 Å². The number of hydrogen-bond acceptors (Lipinski definition) is 1. The summed E-state index contributed by atoms with van der Waals surface area (Å²) < 4.78 is 38.8. The minimum atomic E-state index is -4.32. The van der Waals surface area contributed by atoms with E-state index in [-0.39, 0.29) is 17.5 Å². The molecule has 1 heterocycles. The molecule has 0 saturated carbocycles. The van der Waals surface area contributed by atoms with E-state index in [4.69, 9.17) is 0 Å². The lowest BCUT2D eigenvalue weighted by Gasteiger charge is -2.18. The van der Waals surface area contributed by atoms with Crippen LogP contribution < -0.4 is 0 Å². The van der Waals surface area contributed by atoms with Gasteiger partial charge in [-0.05, 0) is 29.9 Å². The molecule has 1 nitrogen and oxygen atoms in total. The molecule has 0 N–H and O–H groups in total. The van der Waals surface area contributed by atoms with Crippen molar-refractivity contribution in [2.75, 3.05) is 0 Å². The van der Waals surface area contributed by atoms with Gasteiger partial charge in [0.25, 0.3) is 0 Å². The SMILES string of the molecule is CCC(C)c1ncc(C(C)C)cc1C(F)(F)F. The molecule has 0 aliphatic rings. The molecule has 0 aliphatic heterocycles. The second-order valence-electron chi connectivity index (χ2n) is 4.66. The van der Waals surface area contributed by atoms with Gasteiger partial charge in [-0.25, -0.2) is 0 Å². The van der Waals surface area contributed by atoms with Gasteiger partial charge in [-0.3, -0.25) is 4.98 Å². The predicted octanol–water partition coefficient (Wildman–Crippen LogP) is 4.74. The number of halogens is 3. The summed E-state index contributed by atoms with van der Waals surface area (Å²) in [6, 6.07) is 1.24. The average Bonchev–Trinajstić information content (AvgIpc) is 2.26. The molecule has 1 atom stereocenters. The van der Waals surface area contributed by atoms with E-state index in [1.807, 2.05) is 20.8 Å². The van der Waals surface area contributed by atoms with Crippen LogP contribution in [-0.2, 0) is 6.18 Å². The third-order valence-electron chi connectivity index (χ3n) is 2.99. The van der Waals surface area contributed by atoms with Crippen LogP contribution in [-0.4, -0.2) is 4.98 Å². The van der Waals surface area contributed by atoms with Gasteiger partial charge in [-0.15, -0.1) is 0 Å². The topological polar surface area (TPSA) is 12.9 Å². The van der Waals surface area contributed by atoms with E-state index < -0.39 is 11.7 Å². The van der Waals surface area contributed by atoms with Crippen molar-refractivity contribution in [2.24, 2.45) is 0 Å².